The van der Waals surface area contributed by atoms with E-state index in [0.717, 1.165) is 0 Å². The van der Waals surface area contributed by atoms with Crippen LogP contribution < -0.4 is 9.46 Å². The average molecular weight is 266 g/mol. The first-order valence-corrected chi connectivity index (χ1v) is 7.00. The first kappa shape index (κ1) is 12.8. The van der Waals surface area contributed by atoms with Gasteiger partial charge in [-0.25, -0.2) is 13.1 Å². The molecule has 0 saturated carbocycles. The second-order valence-corrected chi connectivity index (χ2v) is 5.40. The molecule has 18 heavy (non-hydrogen) atoms. The van der Waals surface area contributed by atoms with Crippen molar-refractivity contribution in [1.29, 1.82) is 0 Å². The van der Waals surface area contributed by atoms with Gasteiger partial charge in [0, 0.05) is 18.1 Å². The third-order valence-corrected chi connectivity index (χ3v) is 4.14. The van der Waals surface area contributed by atoms with Gasteiger partial charge < -0.3 is 4.74 Å². The Balaban J connectivity index is 2.75. The molecule has 6 heteroatoms. The summed E-state index contributed by atoms with van der Waals surface area (Å²) in [5, 5.41) is 0.554. The maximum absolute atomic E-state index is 12.1. The van der Waals surface area contributed by atoms with E-state index in [1.807, 2.05) is 0 Å². The summed E-state index contributed by atoms with van der Waals surface area (Å²) in [6.07, 6.45) is 1.61. The smallest absolute Gasteiger partial charge is 0.241 e. The third-order valence-electron chi connectivity index (χ3n) is 2.54. The zero-order valence-corrected chi connectivity index (χ0v) is 11.0. The maximum Gasteiger partial charge on any atom is 0.241 e. The number of hydrogen-bond acceptors (Lipinski definition) is 4. The summed E-state index contributed by atoms with van der Waals surface area (Å²) >= 11 is 0. The molecular weight excluding hydrogens is 252 g/mol. The fraction of sp³-hybridized carbons (Fsp3) is 0.250. The van der Waals surface area contributed by atoms with E-state index in [0.29, 0.717) is 23.2 Å². The molecule has 0 spiro atoms. The topological polar surface area (TPSA) is 68.3 Å². The van der Waals surface area contributed by atoms with Gasteiger partial charge in [-0.05, 0) is 24.3 Å². The van der Waals surface area contributed by atoms with E-state index >= 15 is 0 Å². The highest BCUT2D eigenvalue weighted by molar-refractivity contribution is 7.89. The third kappa shape index (κ3) is 2.16. The molecular formula is C12H14N2O3S. The van der Waals surface area contributed by atoms with Crippen LogP contribution in [-0.4, -0.2) is 27.1 Å². The average Bonchev–Trinajstić information content (AvgIpc) is 2.37. The molecule has 96 valence electrons. The molecule has 2 rings (SSSR count). The Morgan fingerprint density at radius 3 is 2.78 bits per heavy atom. The molecule has 1 heterocycles. The van der Waals surface area contributed by atoms with Crippen LogP contribution in [0.2, 0.25) is 0 Å². The van der Waals surface area contributed by atoms with E-state index in [1.165, 1.54) is 13.2 Å². The Labute approximate surface area is 106 Å². The number of pyridine rings is 1. The maximum atomic E-state index is 12.1. The zero-order chi connectivity index (χ0) is 13.2. The van der Waals surface area contributed by atoms with Gasteiger partial charge in [-0.1, -0.05) is 6.92 Å². The molecule has 1 aromatic carbocycles. The van der Waals surface area contributed by atoms with Crippen LogP contribution in [-0.2, 0) is 10.0 Å². The van der Waals surface area contributed by atoms with Crippen molar-refractivity contribution < 1.29 is 13.2 Å². The van der Waals surface area contributed by atoms with Gasteiger partial charge in [0.15, 0.2) is 0 Å². The summed E-state index contributed by atoms with van der Waals surface area (Å²) in [4.78, 5) is 4.39. The molecule has 0 fully saturated rings. The second-order valence-electron chi connectivity index (χ2n) is 3.67. The highest BCUT2D eigenvalue weighted by Gasteiger charge is 2.18. The van der Waals surface area contributed by atoms with Crippen LogP contribution in [0.15, 0.2) is 35.4 Å². The minimum absolute atomic E-state index is 0.216. The molecule has 0 amide bonds. The summed E-state index contributed by atoms with van der Waals surface area (Å²) in [7, 11) is -1.98. The van der Waals surface area contributed by atoms with Gasteiger partial charge in [-0.15, -0.1) is 0 Å². The van der Waals surface area contributed by atoms with Crippen LogP contribution in [0.5, 0.6) is 5.75 Å². The van der Waals surface area contributed by atoms with Crippen LogP contribution in [0.3, 0.4) is 0 Å². The molecule has 1 N–H and O–H groups in total. The minimum atomic E-state index is -3.51. The van der Waals surface area contributed by atoms with E-state index in [1.54, 1.807) is 31.3 Å². The largest absolute Gasteiger partial charge is 0.494 e. The molecule has 2 aromatic rings. The number of sulfonamides is 1. The number of aromatic nitrogens is 1. The molecule has 0 aliphatic rings. The summed E-state index contributed by atoms with van der Waals surface area (Å²) in [6.45, 7) is 2.08. The number of hydrogen-bond donors (Lipinski definition) is 1. The fourth-order valence-corrected chi connectivity index (χ4v) is 3.02. The van der Waals surface area contributed by atoms with Crippen molar-refractivity contribution in [3.05, 3.63) is 30.5 Å². The van der Waals surface area contributed by atoms with E-state index in [2.05, 4.69) is 9.71 Å². The highest BCUT2D eigenvalue weighted by atomic mass is 32.2. The van der Waals surface area contributed by atoms with Crippen molar-refractivity contribution in [2.24, 2.45) is 0 Å². The molecule has 1 aromatic heterocycles. The molecule has 0 unspecified atom stereocenters. The summed E-state index contributed by atoms with van der Waals surface area (Å²) in [5.74, 6) is 0.557. The summed E-state index contributed by atoms with van der Waals surface area (Å²) < 4.78 is 31.8. The monoisotopic (exact) mass is 266 g/mol. The van der Waals surface area contributed by atoms with E-state index in [4.69, 9.17) is 4.74 Å². The Hall–Kier alpha value is -1.66. The summed E-state index contributed by atoms with van der Waals surface area (Å²) in [5.41, 5.74) is 0.541. The van der Waals surface area contributed by atoms with Gasteiger partial charge >= 0.3 is 0 Å². The van der Waals surface area contributed by atoms with Crippen LogP contribution in [0.25, 0.3) is 10.9 Å². The fourth-order valence-electron chi connectivity index (χ4n) is 1.79. The minimum Gasteiger partial charge on any atom is -0.494 e. The van der Waals surface area contributed by atoms with E-state index < -0.39 is 10.0 Å². The number of methoxy groups -OCH3 is 1. The number of benzene rings is 1. The van der Waals surface area contributed by atoms with Crippen molar-refractivity contribution >= 4 is 20.9 Å². The Bertz CT molecular complexity index is 668. The number of nitrogens with zero attached hydrogens (tertiary/aromatic N) is 1. The first-order chi connectivity index (χ1) is 8.60. The number of fused-ring (bicyclic) bond motifs is 1. The molecule has 0 aliphatic heterocycles. The van der Waals surface area contributed by atoms with Crippen molar-refractivity contribution in [3.63, 3.8) is 0 Å². The predicted octanol–water partition coefficient (Wildman–Crippen LogP) is 1.54. The molecule has 0 saturated heterocycles. The first-order valence-electron chi connectivity index (χ1n) is 5.51. The number of ether oxygens (including phenoxy) is 1. The lowest BCUT2D eigenvalue weighted by Gasteiger charge is -2.10. The quantitative estimate of drug-likeness (QED) is 0.911. The van der Waals surface area contributed by atoms with E-state index in [-0.39, 0.29) is 4.90 Å². The summed E-state index contributed by atoms with van der Waals surface area (Å²) in [6, 6.07) is 6.56. The van der Waals surface area contributed by atoms with Crippen LogP contribution in [0, 0.1) is 0 Å². The Kier molecular flexibility index (Phi) is 3.49. The standard InChI is InChI=1S/C12H14N2O3S/c1-3-14-18(15,16)11-7-6-10(17-2)12-9(11)5-4-8-13-12/h4-8,14H,3H2,1-2H3. The van der Waals surface area contributed by atoms with Crippen molar-refractivity contribution in [1.82, 2.24) is 9.71 Å². The van der Waals surface area contributed by atoms with Crippen LogP contribution in [0.4, 0.5) is 0 Å². The molecule has 0 aliphatic carbocycles. The Morgan fingerprint density at radius 1 is 1.33 bits per heavy atom. The van der Waals surface area contributed by atoms with Crippen LogP contribution >= 0.6 is 0 Å². The van der Waals surface area contributed by atoms with Crippen molar-refractivity contribution in [2.75, 3.05) is 13.7 Å². The van der Waals surface area contributed by atoms with Crippen LogP contribution in [0.1, 0.15) is 6.92 Å². The number of rotatable bonds is 4. The van der Waals surface area contributed by atoms with Gasteiger partial charge in [0.05, 0.1) is 12.0 Å². The second kappa shape index (κ2) is 4.91. The SMILES string of the molecule is CCNS(=O)(=O)c1ccc(OC)c2ncccc12. The van der Waals surface area contributed by atoms with Crippen molar-refractivity contribution in [2.45, 2.75) is 11.8 Å². The van der Waals surface area contributed by atoms with Gasteiger partial charge in [-0.3, -0.25) is 4.98 Å². The van der Waals surface area contributed by atoms with E-state index in [9.17, 15) is 8.42 Å². The van der Waals surface area contributed by atoms with Gasteiger partial charge in [0.25, 0.3) is 0 Å². The lowest BCUT2D eigenvalue weighted by molar-refractivity contribution is 0.418. The van der Waals surface area contributed by atoms with Gasteiger partial charge in [-0.2, -0.15) is 0 Å². The highest BCUT2D eigenvalue weighted by Crippen LogP contribution is 2.28. The molecule has 0 atom stereocenters. The molecule has 0 bridgehead atoms. The lowest BCUT2D eigenvalue weighted by atomic mass is 10.2. The van der Waals surface area contributed by atoms with Crippen molar-refractivity contribution in [3.8, 4) is 5.75 Å². The number of nitrogens with one attached hydrogen (secondary N) is 1. The Morgan fingerprint density at radius 2 is 2.11 bits per heavy atom. The van der Waals surface area contributed by atoms with Gasteiger partial charge in [0.1, 0.15) is 11.3 Å². The van der Waals surface area contributed by atoms with Gasteiger partial charge in [0.2, 0.25) is 10.0 Å². The molecule has 0 radical (unpaired) electrons. The zero-order valence-electron chi connectivity index (χ0n) is 10.2. The normalized spacial score (nSPS) is 11.7. The lowest BCUT2D eigenvalue weighted by Crippen LogP contribution is -2.23. The molecule has 5 nitrogen and oxygen atoms in total. The predicted molar refractivity (Wildman–Crippen MR) is 69.2 cm³/mol.